The van der Waals surface area contributed by atoms with Gasteiger partial charge in [0.2, 0.25) is 0 Å². The smallest absolute Gasteiger partial charge is 0.193 e. The quantitative estimate of drug-likeness (QED) is 0.642. The third-order valence-corrected chi connectivity index (χ3v) is 2.67. The number of anilines is 1. The van der Waals surface area contributed by atoms with Gasteiger partial charge in [-0.1, -0.05) is 0 Å². The van der Waals surface area contributed by atoms with Gasteiger partial charge in [0.1, 0.15) is 5.82 Å². The fourth-order valence-corrected chi connectivity index (χ4v) is 1.53. The summed E-state index contributed by atoms with van der Waals surface area (Å²) in [5.41, 5.74) is 6.39. The van der Waals surface area contributed by atoms with Crippen molar-refractivity contribution < 1.29 is 4.39 Å². The molecular weight excluding hydrogens is 261 g/mol. The molecule has 0 radical (unpaired) electrons. The first-order valence-electron chi connectivity index (χ1n) is 4.70. The number of guanidine groups is 1. The molecule has 2 rings (SSSR count). The van der Waals surface area contributed by atoms with Gasteiger partial charge in [-0.15, -0.1) is 0 Å². The van der Waals surface area contributed by atoms with E-state index in [2.05, 4.69) is 26.2 Å². The molecule has 1 fully saturated rings. The summed E-state index contributed by atoms with van der Waals surface area (Å²) in [6.07, 6.45) is 2.21. The van der Waals surface area contributed by atoms with Crippen LogP contribution in [0.4, 0.5) is 10.1 Å². The van der Waals surface area contributed by atoms with Crippen LogP contribution < -0.4 is 11.1 Å². The molecule has 0 amide bonds. The summed E-state index contributed by atoms with van der Waals surface area (Å²) in [5.74, 6) is 0.0919. The van der Waals surface area contributed by atoms with E-state index in [1.807, 2.05) is 0 Å². The molecular formula is C10H11BrFN3. The van der Waals surface area contributed by atoms with E-state index in [4.69, 9.17) is 5.73 Å². The lowest BCUT2D eigenvalue weighted by atomic mass is 10.3. The number of rotatable bonds is 2. The summed E-state index contributed by atoms with van der Waals surface area (Å²) in [7, 11) is 0. The highest BCUT2D eigenvalue weighted by Gasteiger charge is 2.20. The Hall–Kier alpha value is -1.10. The van der Waals surface area contributed by atoms with Gasteiger partial charge in [-0.05, 0) is 47.0 Å². The molecule has 0 aliphatic heterocycles. The summed E-state index contributed by atoms with van der Waals surface area (Å²) in [5, 5.41) is 2.91. The van der Waals surface area contributed by atoms with Crippen LogP contribution in [0.3, 0.4) is 0 Å². The molecule has 0 atom stereocenters. The number of nitrogens with two attached hydrogens (primary N) is 1. The number of benzene rings is 1. The number of hydrogen-bond donors (Lipinski definition) is 2. The fraction of sp³-hybridized carbons (Fsp3) is 0.300. The lowest BCUT2D eigenvalue weighted by Gasteiger charge is -2.05. The maximum atomic E-state index is 12.9. The Morgan fingerprint density at radius 2 is 2.27 bits per heavy atom. The largest absolute Gasteiger partial charge is 0.370 e. The Morgan fingerprint density at radius 3 is 2.87 bits per heavy atom. The average molecular weight is 272 g/mol. The van der Waals surface area contributed by atoms with Crippen molar-refractivity contribution in [2.75, 3.05) is 5.32 Å². The molecule has 0 heterocycles. The molecule has 80 valence electrons. The fourth-order valence-electron chi connectivity index (χ4n) is 1.15. The first kappa shape index (κ1) is 10.4. The maximum absolute atomic E-state index is 12.9. The van der Waals surface area contributed by atoms with Crippen molar-refractivity contribution in [1.29, 1.82) is 0 Å². The molecule has 3 N–H and O–H groups in total. The molecule has 1 aliphatic rings. The van der Waals surface area contributed by atoms with Crippen molar-refractivity contribution in [3.63, 3.8) is 0 Å². The van der Waals surface area contributed by atoms with Gasteiger partial charge in [0.05, 0.1) is 10.5 Å². The lowest BCUT2D eigenvalue weighted by molar-refractivity contribution is 0.621. The van der Waals surface area contributed by atoms with E-state index in [1.165, 1.54) is 6.07 Å². The summed E-state index contributed by atoms with van der Waals surface area (Å²) in [4.78, 5) is 4.21. The highest BCUT2D eigenvalue weighted by atomic mass is 79.9. The number of hydrogen-bond acceptors (Lipinski definition) is 1. The maximum Gasteiger partial charge on any atom is 0.193 e. The van der Waals surface area contributed by atoms with Crippen LogP contribution >= 0.6 is 15.9 Å². The van der Waals surface area contributed by atoms with Crippen molar-refractivity contribution in [2.45, 2.75) is 18.9 Å². The number of nitrogens with one attached hydrogen (secondary N) is 1. The zero-order valence-corrected chi connectivity index (χ0v) is 9.59. The molecule has 1 aromatic carbocycles. The highest BCUT2D eigenvalue weighted by molar-refractivity contribution is 9.10. The number of halogens is 2. The Kier molecular flexibility index (Phi) is 2.90. The van der Waals surface area contributed by atoms with E-state index in [0.717, 1.165) is 18.5 Å². The van der Waals surface area contributed by atoms with Crippen molar-refractivity contribution in [3.8, 4) is 0 Å². The Bertz CT molecular complexity index is 402. The molecule has 0 unspecified atom stereocenters. The molecule has 3 nitrogen and oxygen atoms in total. The van der Waals surface area contributed by atoms with Crippen LogP contribution in [0.15, 0.2) is 27.7 Å². The SMILES string of the molecule is NC(=NC1CC1)Nc1ccc(F)c(Br)c1. The predicted octanol–water partition coefficient (Wildman–Crippen LogP) is 2.48. The lowest BCUT2D eigenvalue weighted by Crippen LogP contribution is -2.23. The van der Waals surface area contributed by atoms with E-state index in [1.54, 1.807) is 12.1 Å². The zero-order chi connectivity index (χ0) is 10.8. The third kappa shape index (κ3) is 2.92. The first-order chi connectivity index (χ1) is 7.15. The molecule has 1 aliphatic carbocycles. The molecule has 0 aromatic heterocycles. The van der Waals surface area contributed by atoms with Crippen LogP contribution in [0.5, 0.6) is 0 Å². The predicted molar refractivity (Wildman–Crippen MR) is 62.4 cm³/mol. The summed E-state index contributed by atoms with van der Waals surface area (Å²) < 4.78 is 13.3. The zero-order valence-electron chi connectivity index (χ0n) is 8.00. The van der Waals surface area contributed by atoms with Gasteiger partial charge in [0, 0.05) is 5.69 Å². The molecule has 1 aromatic rings. The first-order valence-corrected chi connectivity index (χ1v) is 5.50. The average Bonchev–Trinajstić information content (AvgIpc) is 2.95. The van der Waals surface area contributed by atoms with Crippen LogP contribution in [-0.2, 0) is 0 Å². The third-order valence-electron chi connectivity index (χ3n) is 2.06. The van der Waals surface area contributed by atoms with Crippen LogP contribution in [0.2, 0.25) is 0 Å². The van der Waals surface area contributed by atoms with E-state index >= 15 is 0 Å². The second kappa shape index (κ2) is 4.18. The minimum Gasteiger partial charge on any atom is -0.370 e. The van der Waals surface area contributed by atoms with Crippen LogP contribution in [-0.4, -0.2) is 12.0 Å². The topological polar surface area (TPSA) is 50.4 Å². The van der Waals surface area contributed by atoms with Crippen molar-refractivity contribution in [2.24, 2.45) is 10.7 Å². The summed E-state index contributed by atoms with van der Waals surface area (Å²) >= 11 is 3.10. The molecule has 15 heavy (non-hydrogen) atoms. The van der Waals surface area contributed by atoms with E-state index < -0.39 is 0 Å². The van der Waals surface area contributed by atoms with Gasteiger partial charge in [0.15, 0.2) is 5.96 Å². The van der Waals surface area contributed by atoms with Gasteiger partial charge in [-0.25, -0.2) is 9.38 Å². The second-order valence-electron chi connectivity index (χ2n) is 3.50. The molecule has 1 saturated carbocycles. The minimum atomic E-state index is -0.293. The van der Waals surface area contributed by atoms with Crippen molar-refractivity contribution >= 4 is 27.6 Å². The summed E-state index contributed by atoms with van der Waals surface area (Å²) in [6.45, 7) is 0. The van der Waals surface area contributed by atoms with Crippen LogP contribution in [0.25, 0.3) is 0 Å². The summed E-state index contributed by atoms with van der Waals surface area (Å²) in [6, 6.07) is 5.00. The van der Waals surface area contributed by atoms with Gasteiger partial charge < -0.3 is 11.1 Å². The normalized spacial score (nSPS) is 16.5. The van der Waals surface area contributed by atoms with Gasteiger partial charge in [-0.3, -0.25) is 0 Å². The minimum absolute atomic E-state index is 0.293. The number of nitrogens with zero attached hydrogens (tertiary/aromatic N) is 1. The van der Waals surface area contributed by atoms with E-state index in [-0.39, 0.29) is 5.82 Å². The monoisotopic (exact) mass is 271 g/mol. The Labute approximate surface area is 95.7 Å². The standard InChI is InChI=1S/C10H11BrFN3/c11-8-5-7(3-4-9(8)12)15-10(13)14-6-1-2-6/h3-6H,1-2H2,(H3,13,14,15). The van der Waals surface area contributed by atoms with Crippen LogP contribution in [0.1, 0.15) is 12.8 Å². The van der Waals surface area contributed by atoms with E-state index in [9.17, 15) is 4.39 Å². The van der Waals surface area contributed by atoms with Gasteiger partial charge in [0.25, 0.3) is 0 Å². The molecule has 0 spiro atoms. The second-order valence-corrected chi connectivity index (χ2v) is 4.35. The molecule has 0 bridgehead atoms. The highest BCUT2D eigenvalue weighted by Crippen LogP contribution is 2.24. The molecule has 0 saturated heterocycles. The van der Waals surface area contributed by atoms with Gasteiger partial charge in [-0.2, -0.15) is 0 Å². The van der Waals surface area contributed by atoms with Crippen molar-refractivity contribution in [3.05, 3.63) is 28.5 Å². The van der Waals surface area contributed by atoms with E-state index in [0.29, 0.717) is 16.5 Å². The number of aliphatic imine (C=N–C) groups is 1. The van der Waals surface area contributed by atoms with Crippen molar-refractivity contribution in [1.82, 2.24) is 0 Å². The Balaban J connectivity index is 2.06. The molecule has 5 heteroatoms. The van der Waals surface area contributed by atoms with Gasteiger partial charge >= 0.3 is 0 Å². The Morgan fingerprint density at radius 1 is 1.53 bits per heavy atom. The van der Waals surface area contributed by atoms with Crippen LogP contribution in [0, 0.1) is 5.82 Å².